The molecule has 2 aromatic carbocycles. The number of carbonyl (C=O) groups excluding carboxylic acids is 1. The monoisotopic (exact) mass is 388 g/mol. The topological polar surface area (TPSA) is 79.0 Å². The number of fused-ring (bicyclic) bond motifs is 1. The molecule has 0 spiro atoms. The van der Waals surface area contributed by atoms with Crippen molar-refractivity contribution in [2.24, 2.45) is 0 Å². The van der Waals surface area contributed by atoms with Gasteiger partial charge in [-0.2, -0.15) is 5.10 Å². The van der Waals surface area contributed by atoms with Gasteiger partial charge in [0.25, 0.3) is 5.56 Å². The van der Waals surface area contributed by atoms with E-state index in [0.717, 1.165) is 11.3 Å². The molecule has 146 valence electrons. The van der Waals surface area contributed by atoms with Crippen LogP contribution in [0.4, 0.5) is 0 Å². The van der Waals surface area contributed by atoms with Crippen molar-refractivity contribution in [3.8, 4) is 11.4 Å². The fraction of sp³-hybridized carbons (Fsp3) is 0.182. The summed E-state index contributed by atoms with van der Waals surface area (Å²) in [6.45, 7) is 5.85. The summed E-state index contributed by atoms with van der Waals surface area (Å²) < 4.78 is 8.18. The minimum Gasteiger partial charge on any atom is -0.462 e. The Balaban J connectivity index is 1.80. The molecule has 0 aliphatic rings. The summed E-state index contributed by atoms with van der Waals surface area (Å²) in [5, 5.41) is 4.79. The highest BCUT2D eigenvalue weighted by Gasteiger charge is 2.16. The number of nitrogens with zero attached hydrogens (tertiary/aromatic N) is 4. The lowest BCUT2D eigenvalue weighted by molar-refractivity contribution is 0.0526. The van der Waals surface area contributed by atoms with E-state index < -0.39 is 5.97 Å². The summed E-state index contributed by atoms with van der Waals surface area (Å²) in [5.41, 5.74) is 3.34. The van der Waals surface area contributed by atoms with Gasteiger partial charge < -0.3 is 4.74 Å². The first-order chi connectivity index (χ1) is 14.0. The number of benzene rings is 2. The van der Waals surface area contributed by atoms with Gasteiger partial charge >= 0.3 is 5.97 Å². The Hall–Kier alpha value is -3.74. The maximum Gasteiger partial charge on any atom is 0.338 e. The predicted molar refractivity (Wildman–Crippen MR) is 110 cm³/mol. The molecule has 4 rings (SSSR count). The lowest BCUT2D eigenvalue weighted by atomic mass is 10.2. The van der Waals surface area contributed by atoms with Crippen LogP contribution in [0.1, 0.15) is 28.7 Å². The molecule has 0 aliphatic carbocycles. The second-order valence-electron chi connectivity index (χ2n) is 6.70. The van der Waals surface area contributed by atoms with Gasteiger partial charge in [-0.25, -0.2) is 14.5 Å². The van der Waals surface area contributed by atoms with Crippen LogP contribution in [-0.2, 0) is 4.74 Å². The van der Waals surface area contributed by atoms with Gasteiger partial charge in [0.05, 0.1) is 29.7 Å². The Morgan fingerprint density at radius 2 is 1.66 bits per heavy atom. The molecule has 0 radical (unpaired) electrons. The summed E-state index contributed by atoms with van der Waals surface area (Å²) >= 11 is 0. The minimum atomic E-state index is -0.393. The zero-order chi connectivity index (χ0) is 20.5. The summed E-state index contributed by atoms with van der Waals surface area (Å²) in [4.78, 5) is 29.6. The number of rotatable bonds is 4. The quantitative estimate of drug-likeness (QED) is 0.501. The van der Waals surface area contributed by atoms with Crippen LogP contribution in [0.2, 0.25) is 0 Å². The summed E-state index contributed by atoms with van der Waals surface area (Å²) in [7, 11) is 0. The number of esters is 1. The van der Waals surface area contributed by atoms with Crippen LogP contribution in [-0.4, -0.2) is 31.9 Å². The van der Waals surface area contributed by atoms with Gasteiger partial charge in [-0.1, -0.05) is 17.7 Å². The second kappa shape index (κ2) is 7.35. The normalized spacial score (nSPS) is 11.0. The van der Waals surface area contributed by atoms with E-state index in [1.54, 1.807) is 42.8 Å². The molecule has 4 aromatic rings. The molecule has 7 heteroatoms. The van der Waals surface area contributed by atoms with Crippen LogP contribution in [0.5, 0.6) is 0 Å². The average Bonchev–Trinajstić information content (AvgIpc) is 3.13. The largest absolute Gasteiger partial charge is 0.462 e. The summed E-state index contributed by atoms with van der Waals surface area (Å²) in [6.07, 6.45) is 1.54. The Bertz CT molecular complexity index is 1250. The summed E-state index contributed by atoms with van der Waals surface area (Å²) in [5.74, 6) is 0.135. The van der Waals surface area contributed by atoms with Crippen molar-refractivity contribution in [2.45, 2.75) is 20.8 Å². The van der Waals surface area contributed by atoms with E-state index in [1.165, 1.54) is 10.8 Å². The second-order valence-corrected chi connectivity index (χ2v) is 6.70. The van der Waals surface area contributed by atoms with Crippen LogP contribution >= 0.6 is 0 Å². The first-order valence-corrected chi connectivity index (χ1v) is 9.31. The molecule has 0 amide bonds. The van der Waals surface area contributed by atoms with Crippen molar-refractivity contribution in [1.82, 2.24) is 19.3 Å². The van der Waals surface area contributed by atoms with E-state index in [2.05, 4.69) is 10.1 Å². The first kappa shape index (κ1) is 18.6. The standard InChI is InChI=1S/C22H20N4O3/c1-4-29-22(28)16-7-11-17(12-8-16)25-15(3)24-20-19(21(25)27)13-23-26(20)18-9-5-14(2)6-10-18/h5-13H,4H2,1-3H3. The SMILES string of the molecule is CCOC(=O)c1ccc(-n2c(C)nc3c(cnn3-c3ccc(C)cc3)c2=O)cc1. The van der Waals surface area contributed by atoms with Gasteiger partial charge in [0, 0.05) is 0 Å². The van der Waals surface area contributed by atoms with Gasteiger partial charge in [-0.05, 0) is 57.2 Å². The third-order valence-electron chi connectivity index (χ3n) is 4.68. The van der Waals surface area contributed by atoms with E-state index in [0.29, 0.717) is 34.7 Å². The third kappa shape index (κ3) is 3.31. The Kier molecular flexibility index (Phi) is 4.72. The van der Waals surface area contributed by atoms with Crippen molar-refractivity contribution < 1.29 is 9.53 Å². The van der Waals surface area contributed by atoms with Gasteiger partial charge in [0.1, 0.15) is 11.2 Å². The molecule has 0 N–H and O–H groups in total. The third-order valence-corrected chi connectivity index (χ3v) is 4.68. The number of aryl methyl sites for hydroxylation is 2. The molecule has 0 saturated carbocycles. The zero-order valence-corrected chi connectivity index (χ0v) is 16.4. The maximum absolute atomic E-state index is 13.1. The molecule has 0 aliphatic heterocycles. The minimum absolute atomic E-state index is 0.213. The average molecular weight is 388 g/mol. The molecule has 0 unspecified atom stereocenters. The lowest BCUT2D eigenvalue weighted by Crippen LogP contribution is -2.22. The maximum atomic E-state index is 13.1. The lowest BCUT2D eigenvalue weighted by Gasteiger charge is -2.11. The van der Waals surface area contributed by atoms with Gasteiger partial charge in [-0.3, -0.25) is 9.36 Å². The molecule has 0 atom stereocenters. The van der Waals surface area contributed by atoms with E-state index in [9.17, 15) is 9.59 Å². The number of ether oxygens (including phenoxy) is 1. The van der Waals surface area contributed by atoms with E-state index in [1.807, 2.05) is 31.2 Å². The Morgan fingerprint density at radius 3 is 2.31 bits per heavy atom. The molecule has 0 saturated heterocycles. The molecule has 0 fully saturated rings. The van der Waals surface area contributed by atoms with Crippen molar-refractivity contribution in [2.75, 3.05) is 6.61 Å². The molecule has 0 bridgehead atoms. The zero-order valence-electron chi connectivity index (χ0n) is 16.4. The van der Waals surface area contributed by atoms with Gasteiger partial charge in [0.2, 0.25) is 0 Å². The first-order valence-electron chi connectivity index (χ1n) is 9.31. The van der Waals surface area contributed by atoms with Crippen molar-refractivity contribution in [3.05, 3.63) is 82.0 Å². The molecule has 2 aromatic heterocycles. The molecule has 2 heterocycles. The molecule has 29 heavy (non-hydrogen) atoms. The van der Waals surface area contributed by atoms with Crippen LogP contribution in [0, 0.1) is 13.8 Å². The molecular formula is C22H20N4O3. The van der Waals surface area contributed by atoms with Crippen molar-refractivity contribution >= 4 is 17.0 Å². The fourth-order valence-electron chi connectivity index (χ4n) is 3.21. The van der Waals surface area contributed by atoms with Crippen molar-refractivity contribution in [1.29, 1.82) is 0 Å². The Labute approximate surface area is 167 Å². The molecular weight excluding hydrogens is 368 g/mol. The highest BCUT2D eigenvalue weighted by molar-refractivity contribution is 5.89. The van der Waals surface area contributed by atoms with Crippen LogP contribution in [0.25, 0.3) is 22.4 Å². The van der Waals surface area contributed by atoms with E-state index in [-0.39, 0.29) is 5.56 Å². The highest BCUT2D eigenvalue weighted by atomic mass is 16.5. The Morgan fingerprint density at radius 1 is 1.00 bits per heavy atom. The number of carbonyl (C=O) groups is 1. The van der Waals surface area contributed by atoms with Crippen LogP contribution < -0.4 is 5.56 Å². The number of aromatic nitrogens is 4. The van der Waals surface area contributed by atoms with Gasteiger partial charge in [0.15, 0.2) is 5.65 Å². The van der Waals surface area contributed by atoms with E-state index in [4.69, 9.17) is 4.74 Å². The van der Waals surface area contributed by atoms with E-state index >= 15 is 0 Å². The number of hydrogen-bond acceptors (Lipinski definition) is 5. The summed E-state index contributed by atoms with van der Waals surface area (Å²) in [6, 6.07) is 14.6. The van der Waals surface area contributed by atoms with Crippen LogP contribution in [0.3, 0.4) is 0 Å². The predicted octanol–water partition coefficient (Wildman–Crippen LogP) is 3.36. The van der Waals surface area contributed by atoms with Crippen molar-refractivity contribution in [3.63, 3.8) is 0 Å². The van der Waals surface area contributed by atoms with Gasteiger partial charge in [-0.15, -0.1) is 0 Å². The fourth-order valence-corrected chi connectivity index (χ4v) is 3.21. The number of hydrogen-bond donors (Lipinski definition) is 0. The molecule has 7 nitrogen and oxygen atoms in total. The highest BCUT2D eigenvalue weighted by Crippen LogP contribution is 2.17. The smallest absolute Gasteiger partial charge is 0.338 e. The van der Waals surface area contributed by atoms with Crippen LogP contribution in [0.15, 0.2) is 59.5 Å².